The fraction of sp³-hybridized carbons (Fsp3) is 0.310. The van der Waals surface area contributed by atoms with Crippen molar-refractivity contribution in [3.05, 3.63) is 60.3 Å². The molecule has 3 heterocycles. The zero-order valence-electron chi connectivity index (χ0n) is 21.7. The number of amides is 1. The SMILES string of the molecule is COc1cc(C(=O)N(C)C)ccc1-c1cc2nccc(-c3ccc(OC4CCN(C)CC4)c(N)c3)c2o1. The Hall–Kier alpha value is -4.04. The number of nitrogen functional groups attached to an aromatic ring is 1. The van der Waals surface area contributed by atoms with E-state index < -0.39 is 0 Å². The van der Waals surface area contributed by atoms with Gasteiger partial charge >= 0.3 is 0 Å². The van der Waals surface area contributed by atoms with Gasteiger partial charge in [-0.25, -0.2) is 0 Å². The number of hydrogen-bond acceptors (Lipinski definition) is 7. The van der Waals surface area contributed by atoms with Crippen molar-refractivity contribution in [1.29, 1.82) is 0 Å². The molecule has 0 aliphatic carbocycles. The van der Waals surface area contributed by atoms with Crippen molar-refractivity contribution < 1.29 is 18.7 Å². The molecule has 0 spiro atoms. The van der Waals surface area contributed by atoms with Gasteiger partial charge in [0.1, 0.15) is 28.9 Å². The number of rotatable bonds is 6. The van der Waals surface area contributed by atoms with Crippen LogP contribution >= 0.6 is 0 Å². The molecule has 0 radical (unpaired) electrons. The fourth-order valence-electron chi connectivity index (χ4n) is 4.69. The van der Waals surface area contributed by atoms with Crippen molar-refractivity contribution in [2.75, 3.05) is 47.1 Å². The van der Waals surface area contributed by atoms with E-state index in [1.165, 1.54) is 4.90 Å². The van der Waals surface area contributed by atoms with Gasteiger partial charge in [-0.3, -0.25) is 9.78 Å². The molecule has 4 aromatic rings. The third-order valence-electron chi connectivity index (χ3n) is 6.81. The molecular weight excluding hydrogens is 468 g/mol. The Morgan fingerprint density at radius 1 is 1.05 bits per heavy atom. The summed E-state index contributed by atoms with van der Waals surface area (Å²) < 4.78 is 18.1. The van der Waals surface area contributed by atoms with Gasteiger partial charge in [0.15, 0.2) is 5.58 Å². The van der Waals surface area contributed by atoms with Gasteiger partial charge in [-0.15, -0.1) is 0 Å². The van der Waals surface area contributed by atoms with Gasteiger partial charge in [-0.1, -0.05) is 6.07 Å². The lowest BCUT2D eigenvalue weighted by Gasteiger charge is -2.29. The van der Waals surface area contributed by atoms with Crippen LogP contribution in [0.1, 0.15) is 23.2 Å². The van der Waals surface area contributed by atoms with E-state index in [0.717, 1.165) is 42.6 Å². The molecule has 1 fully saturated rings. The van der Waals surface area contributed by atoms with Crippen molar-refractivity contribution >= 4 is 22.7 Å². The first-order valence-electron chi connectivity index (χ1n) is 12.4. The summed E-state index contributed by atoms with van der Waals surface area (Å²) in [6, 6.07) is 15.0. The maximum absolute atomic E-state index is 12.4. The van der Waals surface area contributed by atoms with E-state index in [-0.39, 0.29) is 12.0 Å². The summed E-state index contributed by atoms with van der Waals surface area (Å²) in [5.74, 6) is 1.76. The number of ether oxygens (including phenoxy) is 2. The van der Waals surface area contributed by atoms with E-state index in [1.807, 2.05) is 36.4 Å². The van der Waals surface area contributed by atoms with Gasteiger partial charge < -0.3 is 29.4 Å². The van der Waals surface area contributed by atoms with Gasteiger partial charge in [-0.05, 0) is 61.9 Å². The Balaban J connectivity index is 1.46. The molecule has 2 aromatic heterocycles. The first-order chi connectivity index (χ1) is 17.8. The number of aromatic nitrogens is 1. The Labute approximate surface area is 216 Å². The molecule has 2 N–H and O–H groups in total. The highest BCUT2D eigenvalue weighted by atomic mass is 16.5. The number of likely N-dealkylation sites (tertiary alicyclic amines) is 1. The second-order valence-electron chi connectivity index (χ2n) is 9.67. The van der Waals surface area contributed by atoms with E-state index in [0.29, 0.717) is 39.6 Å². The second-order valence-corrected chi connectivity index (χ2v) is 9.67. The second kappa shape index (κ2) is 10.1. The summed E-state index contributed by atoms with van der Waals surface area (Å²) in [6.45, 7) is 2.05. The molecule has 2 aromatic carbocycles. The van der Waals surface area contributed by atoms with Gasteiger partial charge in [0.05, 0.1) is 18.4 Å². The molecular formula is C29H32N4O4. The minimum Gasteiger partial charge on any atom is -0.496 e. The van der Waals surface area contributed by atoms with Crippen LogP contribution in [0.15, 0.2) is 59.1 Å². The van der Waals surface area contributed by atoms with Crippen LogP contribution in [-0.2, 0) is 0 Å². The summed E-state index contributed by atoms with van der Waals surface area (Å²) in [5, 5.41) is 0. The molecule has 0 atom stereocenters. The van der Waals surface area contributed by atoms with E-state index in [9.17, 15) is 4.79 Å². The summed E-state index contributed by atoms with van der Waals surface area (Å²) >= 11 is 0. The molecule has 1 amide bonds. The van der Waals surface area contributed by atoms with E-state index >= 15 is 0 Å². The van der Waals surface area contributed by atoms with Gasteiger partial charge in [-0.2, -0.15) is 0 Å². The summed E-state index contributed by atoms with van der Waals surface area (Å²) in [5.41, 5.74) is 11.4. The minimum atomic E-state index is -0.0979. The van der Waals surface area contributed by atoms with Crippen LogP contribution in [0, 0.1) is 0 Å². The highest BCUT2D eigenvalue weighted by Gasteiger charge is 2.20. The van der Waals surface area contributed by atoms with Crippen LogP contribution in [0.4, 0.5) is 5.69 Å². The fourth-order valence-corrected chi connectivity index (χ4v) is 4.69. The summed E-state index contributed by atoms with van der Waals surface area (Å²) in [4.78, 5) is 20.7. The lowest BCUT2D eigenvalue weighted by atomic mass is 10.0. The van der Waals surface area contributed by atoms with Crippen LogP contribution in [0.5, 0.6) is 11.5 Å². The third kappa shape index (κ3) is 4.97. The molecule has 8 nitrogen and oxygen atoms in total. The van der Waals surface area contributed by atoms with Crippen LogP contribution in [0.25, 0.3) is 33.6 Å². The monoisotopic (exact) mass is 500 g/mol. The van der Waals surface area contributed by atoms with Gasteiger partial charge in [0.25, 0.3) is 5.91 Å². The van der Waals surface area contributed by atoms with Crippen molar-refractivity contribution in [2.45, 2.75) is 18.9 Å². The maximum Gasteiger partial charge on any atom is 0.253 e. The number of fused-ring (bicyclic) bond motifs is 1. The lowest BCUT2D eigenvalue weighted by molar-refractivity contribution is 0.0827. The molecule has 192 valence electrons. The quantitative estimate of drug-likeness (QED) is 0.375. The predicted molar refractivity (Wildman–Crippen MR) is 145 cm³/mol. The molecule has 0 bridgehead atoms. The number of piperidine rings is 1. The standard InChI is InChI=1S/C29H32N4O4/c1-32(2)29(34)19-5-7-22(26(16-19)35-4)27-17-24-28(37-27)21(9-12-31-24)18-6-8-25(23(30)15-18)36-20-10-13-33(3)14-11-20/h5-9,12,15-17,20H,10-11,13-14,30H2,1-4H3. The highest BCUT2D eigenvalue weighted by molar-refractivity contribution is 5.96. The number of furan rings is 1. The average Bonchev–Trinajstić information content (AvgIpc) is 3.34. The number of carbonyl (C=O) groups excluding carboxylic acids is 1. The average molecular weight is 501 g/mol. The number of nitrogens with two attached hydrogens (primary N) is 1. The molecule has 1 aliphatic rings. The molecule has 0 saturated carbocycles. The molecule has 1 saturated heterocycles. The molecule has 37 heavy (non-hydrogen) atoms. The van der Waals surface area contributed by atoms with Crippen molar-refractivity contribution in [3.8, 4) is 33.9 Å². The van der Waals surface area contributed by atoms with Crippen molar-refractivity contribution in [1.82, 2.24) is 14.8 Å². The van der Waals surface area contributed by atoms with E-state index in [1.54, 1.807) is 39.5 Å². The maximum atomic E-state index is 12.4. The molecule has 5 rings (SSSR count). The number of benzene rings is 2. The normalized spacial score (nSPS) is 14.6. The van der Waals surface area contributed by atoms with Gasteiger partial charge in [0, 0.05) is 50.6 Å². The molecule has 8 heteroatoms. The van der Waals surface area contributed by atoms with E-state index in [2.05, 4.69) is 16.9 Å². The van der Waals surface area contributed by atoms with Crippen LogP contribution in [-0.4, -0.2) is 68.1 Å². The van der Waals surface area contributed by atoms with Crippen LogP contribution < -0.4 is 15.2 Å². The van der Waals surface area contributed by atoms with Gasteiger partial charge in [0.2, 0.25) is 0 Å². The van der Waals surface area contributed by atoms with Crippen LogP contribution in [0.2, 0.25) is 0 Å². The number of methoxy groups -OCH3 is 1. The Bertz CT molecular complexity index is 1440. The zero-order valence-corrected chi connectivity index (χ0v) is 21.7. The summed E-state index contributed by atoms with van der Waals surface area (Å²) in [7, 11) is 7.14. The first-order valence-corrected chi connectivity index (χ1v) is 12.4. The molecule has 1 aliphatic heterocycles. The third-order valence-corrected chi connectivity index (χ3v) is 6.81. The minimum absolute atomic E-state index is 0.0979. The first kappa shape index (κ1) is 24.6. The number of anilines is 1. The number of carbonyl (C=O) groups is 1. The summed E-state index contributed by atoms with van der Waals surface area (Å²) in [6.07, 6.45) is 3.92. The number of pyridine rings is 1. The number of hydrogen-bond donors (Lipinski definition) is 1. The molecule has 0 unspecified atom stereocenters. The van der Waals surface area contributed by atoms with Crippen molar-refractivity contribution in [3.63, 3.8) is 0 Å². The topological polar surface area (TPSA) is 94.1 Å². The largest absolute Gasteiger partial charge is 0.496 e. The Morgan fingerprint density at radius 3 is 2.54 bits per heavy atom. The Morgan fingerprint density at radius 2 is 1.84 bits per heavy atom. The number of nitrogens with zero attached hydrogens (tertiary/aromatic N) is 3. The van der Waals surface area contributed by atoms with E-state index in [4.69, 9.17) is 19.6 Å². The van der Waals surface area contributed by atoms with Crippen LogP contribution in [0.3, 0.4) is 0 Å². The smallest absolute Gasteiger partial charge is 0.253 e. The predicted octanol–water partition coefficient (Wildman–Crippen LogP) is 4.93. The highest BCUT2D eigenvalue weighted by Crippen LogP contribution is 2.39. The Kier molecular flexibility index (Phi) is 6.76. The lowest BCUT2D eigenvalue weighted by Crippen LogP contribution is -2.35. The zero-order chi connectivity index (χ0) is 26.1. The van der Waals surface area contributed by atoms with Crippen molar-refractivity contribution in [2.24, 2.45) is 0 Å².